The molecule has 21 heavy (non-hydrogen) atoms. The van der Waals surface area contributed by atoms with Crippen LogP contribution in [0.3, 0.4) is 0 Å². The number of hydrogen-bond donors (Lipinski definition) is 1. The van der Waals surface area contributed by atoms with Gasteiger partial charge in [-0.15, -0.1) is 0 Å². The number of ether oxygens (including phenoxy) is 2. The summed E-state index contributed by atoms with van der Waals surface area (Å²) in [5, 5.41) is 3.64. The third kappa shape index (κ3) is 3.43. The number of nitrogens with one attached hydrogen (secondary N) is 1. The molecule has 1 saturated heterocycles. The van der Waals surface area contributed by atoms with E-state index in [4.69, 9.17) is 9.47 Å². The van der Waals surface area contributed by atoms with E-state index in [2.05, 4.69) is 55.0 Å². The molecule has 0 spiro atoms. The Balaban J connectivity index is 2.41. The van der Waals surface area contributed by atoms with E-state index in [1.54, 1.807) is 7.11 Å². The van der Waals surface area contributed by atoms with E-state index in [-0.39, 0.29) is 12.1 Å². The summed E-state index contributed by atoms with van der Waals surface area (Å²) in [5.74, 6) is 1.87. The third-order valence-electron chi connectivity index (χ3n) is 4.65. The highest BCUT2D eigenvalue weighted by Crippen LogP contribution is 2.43. The molecule has 1 fully saturated rings. The molecule has 1 N–H and O–H groups in total. The van der Waals surface area contributed by atoms with Crippen molar-refractivity contribution in [3.63, 3.8) is 0 Å². The molecular weight excluding hydrogens is 330 g/mol. The van der Waals surface area contributed by atoms with E-state index in [1.165, 1.54) is 5.56 Å². The molecule has 5 atom stereocenters. The fraction of sp³-hybridized carbons (Fsp3) is 0.647. The lowest BCUT2D eigenvalue weighted by atomic mass is 9.80. The molecular formula is C17H26BrNO2. The monoisotopic (exact) mass is 355 g/mol. The van der Waals surface area contributed by atoms with E-state index >= 15 is 0 Å². The molecule has 118 valence electrons. The fourth-order valence-corrected chi connectivity index (χ4v) is 3.87. The highest BCUT2D eigenvalue weighted by atomic mass is 79.9. The summed E-state index contributed by atoms with van der Waals surface area (Å²) in [6.45, 7) is 9.70. The number of benzene rings is 1. The van der Waals surface area contributed by atoms with Crippen molar-refractivity contribution in [3.8, 4) is 5.75 Å². The van der Waals surface area contributed by atoms with Crippen molar-refractivity contribution in [1.29, 1.82) is 0 Å². The average Bonchev–Trinajstić information content (AvgIpc) is 2.70. The topological polar surface area (TPSA) is 30.5 Å². The van der Waals surface area contributed by atoms with Crippen LogP contribution in [-0.2, 0) is 4.74 Å². The molecule has 0 radical (unpaired) electrons. The summed E-state index contributed by atoms with van der Waals surface area (Å²) in [6.07, 6.45) is 0.534. The second-order valence-electron chi connectivity index (χ2n) is 5.90. The van der Waals surface area contributed by atoms with Gasteiger partial charge in [0.15, 0.2) is 0 Å². The molecule has 0 amide bonds. The quantitative estimate of drug-likeness (QED) is 0.859. The van der Waals surface area contributed by atoms with Crippen LogP contribution in [0.2, 0.25) is 0 Å². The van der Waals surface area contributed by atoms with Crippen LogP contribution in [0.15, 0.2) is 22.7 Å². The molecule has 1 aromatic rings. The van der Waals surface area contributed by atoms with Crippen molar-refractivity contribution in [2.45, 2.75) is 45.9 Å². The van der Waals surface area contributed by atoms with Crippen LogP contribution in [-0.4, -0.2) is 25.9 Å². The van der Waals surface area contributed by atoms with E-state index < -0.39 is 0 Å². The molecule has 0 aromatic heterocycles. The Morgan fingerprint density at radius 2 is 2.00 bits per heavy atom. The molecule has 0 bridgehead atoms. The van der Waals surface area contributed by atoms with Crippen molar-refractivity contribution in [3.05, 3.63) is 28.2 Å². The minimum absolute atomic E-state index is 0.234. The van der Waals surface area contributed by atoms with Gasteiger partial charge >= 0.3 is 0 Å². The first kappa shape index (κ1) is 16.8. The lowest BCUT2D eigenvalue weighted by Crippen LogP contribution is -2.35. The lowest BCUT2D eigenvalue weighted by Gasteiger charge is -2.31. The van der Waals surface area contributed by atoms with Crippen molar-refractivity contribution >= 4 is 15.9 Å². The Kier molecular flexibility index (Phi) is 5.69. The largest absolute Gasteiger partial charge is 0.496 e. The molecule has 5 unspecified atom stereocenters. The van der Waals surface area contributed by atoms with E-state index in [9.17, 15) is 0 Å². The minimum atomic E-state index is 0.234. The van der Waals surface area contributed by atoms with Crippen LogP contribution in [0, 0.1) is 11.8 Å². The zero-order valence-electron chi connectivity index (χ0n) is 13.5. The zero-order valence-corrected chi connectivity index (χ0v) is 15.1. The minimum Gasteiger partial charge on any atom is -0.496 e. The van der Waals surface area contributed by atoms with Crippen LogP contribution in [0.5, 0.6) is 5.75 Å². The molecule has 3 nitrogen and oxygen atoms in total. The van der Waals surface area contributed by atoms with Gasteiger partial charge in [0.25, 0.3) is 0 Å². The standard InChI is InChI=1S/C17H26BrNO2/c1-6-19-17(16-10(2)11(3)21-12(16)4)14-9-13(18)7-8-15(14)20-5/h7-12,16-17,19H,6H2,1-5H3. The van der Waals surface area contributed by atoms with Crippen molar-refractivity contribution in [2.75, 3.05) is 13.7 Å². The van der Waals surface area contributed by atoms with Gasteiger partial charge in [0.05, 0.1) is 19.3 Å². The molecule has 2 rings (SSSR count). The van der Waals surface area contributed by atoms with Gasteiger partial charge in [-0.1, -0.05) is 29.8 Å². The van der Waals surface area contributed by atoms with Crippen LogP contribution in [0.25, 0.3) is 0 Å². The maximum Gasteiger partial charge on any atom is 0.123 e. The van der Waals surface area contributed by atoms with E-state index in [0.29, 0.717) is 17.9 Å². The predicted molar refractivity (Wildman–Crippen MR) is 89.8 cm³/mol. The van der Waals surface area contributed by atoms with Gasteiger partial charge in [-0.05, 0) is 44.5 Å². The summed E-state index contributed by atoms with van der Waals surface area (Å²) in [5.41, 5.74) is 1.20. The van der Waals surface area contributed by atoms with E-state index in [1.807, 2.05) is 12.1 Å². The van der Waals surface area contributed by atoms with Crippen LogP contribution < -0.4 is 10.1 Å². The van der Waals surface area contributed by atoms with Gasteiger partial charge < -0.3 is 14.8 Å². The molecule has 0 aliphatic carbocycles. The third-order valence-corrected chi connectivity index (χ3v) is 5.15. The number of halogens is 1. The zero-order chi connectivity index (χ0) is 15.6. The van der Waals surface area contributed by atoms with Crippen LogP contribution in [0.1, 0.15) is 39.3 Å². The van der Waals surface area contributed by atoms with Gasteiger partial charge in [0.1, 0.15) is 5.75 Å². The number of hydrogen-bond acceptors (Lipinski definition) is 3. The Morgan fingerprint density at radius 3 is 2.52 bits per heavy atom. The normalized spacial score (nSPS) is 30.4. The van der Waals surface area contributed by atoms with Gasteiger partial charge in [-0.25, -0.2) is 0 Å². The van der Waals surface area contributed by atoms with Crippen LogP contribution >= 0.6 is 15.9 Å². The summed E-state index contributed by atoms with van der Waals surface area (Å²) in [4.78, 5) is 0. The van der Waals surface area contributed by atoms with Gasteiger partial charge in [0.2, 0.25) is 0 Å². The van der Waals surface area contributed by atoms with Crippen LogP contribution in [0.4, 0.5) is 0 Å². The average molecular weight is 356 g/mol. The molecule has 4 heteroatoms. The Hall–Kier alpha value is -0.580. The summed E-state index contributed by atoms with van der Waals surface area (Å²) in [7, 11) is 1.73. The number of rotatable bonds is 5. The van der Waals surface area contributed by atoms with Gasteiger partial charge in [-0.3, -0.25) is 0 Å². The molecule has 1 aliphatic heterocycles. The first-order chi connectivity index (χ1) is 9.99. The molecule has 1 aliphatic rings. The number of methoxy groups -OCH3 is 1. The Morgan fingerprint density at radius 1 is 1.29 bits per heavy atom. The van der Waals surface area contributed by atoms with Gasteiger partial charge in [0, 0.05) is 22.0 Å². The maximum absolute atomic E-state index is 6.05. The SMILES string of the molecule is CCNC(c1cc(Br)ccc1OC)C1C(C)OC(C)C1C. The second-order valence-corrected chi connectivity index (χ2v) is 6.82. The first-order valence-electron chi connectivity index (χ1n) is 7.71. The van der Waals surface area contributed by atoms with Crippen molar-refractivity contribution in [1.82, 2.24) is 5.32 Å². The molecule has 1 heterocycles. The molecule has 0 saturated carbocycles. The fourth-order valence-electron chi connectivity index (χ4n) is 3.49. The second kappa shape index (κ2) is 7.12. The van der Waals surface area contributed by atoms with Crippen molar-refractivity contribution < 1.29 is 9.47 Å². The Labute approximate surface area is 136 Å². The lowest BCUT2D eigenvalue weighted by molar-refractivity contribution is 0.0475. The first-order valence-corrected chi connectivity index (χ1v) is 8.51. The summed E-state index contributed by atoms with van der Waals surface area (Å²) < 4.78 is 12.7. The maximum atomic E-state index is 6.05. The van der Waals surface area contributed by atoms with Gasteiger partial charge in [-0.2, -0.15) is 0 Å². The molecule has 1 aromatic carbocycles. The predicted octanol–water partition coefficient (Wildman–Crippen LogP) is 4.17. The summed E-state index contributed by atoms with van der Waals surface area (Å²) in [6, 6.07) is 6.44. The van der Waals surface area contributed by atoms with E-state index in [0.717, 1.165) is 16.8 Å². The Bertz CT molecular complexity index is 480. The highest BCUT2D eigenvalue weighted by molar-refractivity contribution is 9.10. The highest BCUT2D eigenvalue weighted by Gasteiger charge is 2.42. The van der Waals surface area contributed by atoms with Crippen molar-refractivity contribution in [2.24, 2.45) is 11.8 Å². The summed E-state index contributed by atoms with van der Waals surface area (Å²) >= 11 is 3.58. The smallest absolute Gasteiger partial charge is 0.123 e.